The maximum atomic E-state index is 11.5. The van der Waals surface area contributed by atoms with E-state index in [1.54, 1.807) is 13.2 Å². The van der Waals surface area contributed by atoms with Gasteiger partial charge in [0.25, 0.3) is 0 Å². The topological polar surface area (TPSA) is 26.3 Å². The van der Waals surface area contributed by atoms with E-state index >= 15 is 0 Å². The number of aryl methyl sites for hydroxylation is 1. The van der Waals surface area contributed by atoms with E-state index in [1.165, 1.54) is 5.56 Å². The molecule has 1 aromatic carbocycles. The molecule has 2 nitrogen and oxygen atoms in total. The summed E-state index contributed by atoms with van der Waals surface area (Å²) in [4.78, 5) is 11.5. The Balaban J connectivity index is 2.28. The summed E-state index contributed by atoms with van der Waals surface area (Å²) in [5, 5.41) is 0. The van der Waals surface area contributed by atoms with Gasteiger partial charge in [-0.25, -0.2) is 0 Å². The van der Waals surface area contributed by atoms with E-state index in [0.29, 0.717) is 12.0 Å². The van der Waals surface area contributed by atoms with Crippen LogP contribution in [0.1, 0.15) is 30.6 Å². The van der Waals surface area contributed by atoms with E-state index < -0.39 is 0 Å². The van der Waals surface area contributed by atoms with Crippen LogP contribution < -0.4 is 0 Å². The lowest BCUT2D eigenvalue weighted by molar-refractivity contribution is -0.119. The van der Waals surface area contributed by atoms with Crippen molar-refractivity contribution in [2.75, 3.05) is 0 Å². The molecule has 0 saturated carbocycles. The molecule has 2 rings (SSSR count). The van der Waals surface area contributed by atoms with Gasteiger partial charge in [-0.1, -0.05) is 24.3 Å². The Morgan fingerprint density at radius 3 is 2.67 bits per heavy atom. The lowest BCUT2D eigenvalue weighted by Gasteiger charge is -2.22. The third-order valence-corrected chi connectivity index (χ3v) is 2.76. The highest BCUT2D eigenvalue weighted by Crippen LogP contribution is 2.29. The van der Waals surface area contributed by atoms with E-state index in [-0.39, 0.29) is 11.9 Å². The Morgan fingerprint density at radius 1 is 1.27 bits per heavy atom. The van der Waals surface area contributed by atoms with Crippen LogP contribution in [0, 0.1) is 6.92 Å². The van der Waals surface area contributed by atoms with Crippen LogP contribution in [-0.4, -0.2) is 5.78 Å². The number of carbonyl (C=O) groups excluding carboxylic acids is 1. The van der Waals surface area contributed by atoms with Gasteiger partial charge < -0.3 is 4.74 Å². The van der Waals surface area contributed by atoms with Crippen molar-refractivity contribution in [3.05, 3.63) is 47.2 Å². The minimum absolute atomic E-state index is 0.109. The van der Waals surface area contributed by atoms with Crippen molar-refractivity contribution in [1.29, 1.82) is 0 Å². The summed E-state index contributed by atoms with van der Waals surface area (Å²) >= 11 is 0. The Hall–Kier alpha value is -1.57. The molecule has 0 spiro atoms. The molecule has 0 saturated heterocycles. The first-order chi connectivity index (χ1) is 7.18. The van der Waals surface area contributed by atoms with Crippen LogP contribution in [0.5, 0.6) is 0 Å². The minimum atomic E-state index is -0.109. The van der Waals surface area contributed by atoms with E-state index in [0.717, 1.165) is 5.56 Å². The SMILES string of the molecule is CC1=COC(c2ccccc2C)CC1=O. The molecule has 0 amide bonds. The van der Waals surface area contributed by atoms with Crippen molar-refractivity contribution in [3.8, 4) is 0 Å². The van der Waals surface area contributed by atoms with Crippen molar-refractivity contribution >= 4 is 5.78 Å². The van der Waals surface area contributed by atoms with Crippen LogP contribution in [0.4, 0.5) is 0 Å². The highest BCUT2D eigenvalue weighted by atomic mass is 16.5. The predicted molar refractivity (Wildman–Crippen MR) is 58.4 cm³/mol. The third kappa shape index (κ3) is 1.94. The number of allylic oxidation sites excluding steroid dienone is 1. The Morgan fingerprint density at radius 2 is 2.00 bits per heavy atom. The minimum Gasteiger partial charge on any atom is -0.492 e. The van der Waals surface area contributed by atoms with Gasteiger partial charge in [0.15, 0.2) is 5.78 Å². The van der Waals surface area contributed by atoms with Crippen molar-refractivity contribution in [1.82, 2.24) is 0 Å². The molecule has 15 heavy (non-hydrogen) atoms. The molecule has 0 bridgehead atoms. The highest BCUT2D eigenvalue weighted by Gasteiger charge is 2.23. The third-order valence-electron chi connectivity index (χ3n) is 2.76. The van der Waals surface area contributed by atoms with Gasteiger partial charge in [0.05, 0.1) is 12.7 Å². The molecule has 1 aromatic rings. The molecule has 0 aromatic heterocycles. The molecule has 1 heterocycles. The van der Waals surface area contributed by atoms with Crippen LogP contribution in [0.2, 0.25) is 0 Å². The van der Waals surface area contributed by atoms with Gasteiger partial charge in [0, 0.05) is 5.57 Å². The number of hydrogen-bond acceptors (Lipinski definition) is 2. The zero-order chi connectivity index (χ0) is 10.8. The fraction of sp³-hybridized carbons (Fsp3) is 0.308. The number of Topliss-reactive ketones (excluding diaryl/α,β-unsaturated/α-hetero) is 1. The maximum absolute atomic E-state index is 11.5. The van der Waals surface area contributed by atoms with Crippen LogP contribution in [0.25, 0.3) is 0 Å². The summed E-state index contributed by atoms with van der Waals surface area (Å²) in [7, 11) is 0. The van der Waals surface area contributed by atoms with E-state index in [9.17, 15) is 4.79 Å². The molecule has 78 valence electrons. The normalized spacial score (nSPS) is 20.8. The first kappa shape index (κ1) is 9.97. The van der Waals surface area contributed by atoms with Gasteiger partial charge in [-0.2, -0.15) is 0 Å². The van der Waals surface area contributed by atoms with Gasteiger partial charge in [-0.05, 0) is 25.0 Å². The van der Waals surface area contributed by atoms with E-state index in [2.05, 4.69) is 0 Å². The Bertz CT molecular complexity index is 418. The molecule has 0 aliphatic carbocycles. The molecule has 2 heteroatoms. The lowest BCUT2D eigenvalue weighted by atomic mass is 9.96. The van der Waals surface area contributed by atoms with Crippen LogP contribution in [0.15, 0.2) is 36.1 Å². The number of benzene rings is 1. The zero-order valence-electron chi connectivity index (χ0n) is 8.99. The first-order valence-electron chi connectivity index (χ1n) is 5.09. The van der Waals surface area contributed by atoms with Crippen molar-refractivity contribution in [2.45, 2.75) is 26.4 Å². The highest BCUT2D eigenvalue weighted by molar-refractivity contribution is 5.95. The maximum Gasteiger partial charge on any atom is 0.165 e. The second-order valence-corrected chi connectivity index (χ2v) is 3.91. The predicted octanol–water partition coefficient (Wildman–Crippen LogP) is 2.93. The summed E-state index contributed by atoms with van der Waals surface area (Å²) < 4.78 is 5.54. The molecule has 0 fully saturated rings. The number of rotatable bonds is 1. The number of carbonyl (C=O) groups is 1. The van der Waals surface area contributed by atoms with Gasteiger partial charge in [-0.15, -0.1) is 0 Å². The van der Waals surface area contributed by atoms with Gasteiger partial charge >= 0.3 is 0 Å². The van der Waals surface area contributed by atoms with Crippen molar-refractivity contribution in [2.24, 2.45) is 0 Å². The van der Waals surface area contributed by atoms with E-state index in [4.69, 9.17) is 4.74 Å². The average Bonchev–Trinajstić information content (AvgIpc) is 2.23. The Kier molecular flexibility index (Phi) is 2.58. The van der Waals surface area contributed by atoms with Crippen LogP contribution in [-0.2, 0) is 9.53 Å². The summed E-state index contributed by atoms with van der Waals surface area (Å²) in [5.74, 6) is 0.175. The van der Waals surface area contributed by atoms with Gasteiger partial charge in [0.1, 0.15) is 6.10 Å². The monoisotopic (exact) mass is 202 g/mol. The molecule has 0 radical (unpaired) electrons. The second-order valence-electron chi connectivity index (χ2n) is 3.91. The standard InChI is InChI=1S/C13H14O2/c1-9-5-3-4-6-11(9)13-7-12(14)10(2)8-15-13/h3-6,8,13H,7H2,1-2H3. The fourth-order valence-corrected chi connectivity index (χ4v) is 1.76. The summed E-state index contributed by atoms with van der Waals surface area (Å²) in [6, 6.07) is 8.02. The molecule has 1 aliphatic rings. The van der Waals surface area contributed by atoms with Gasteiger partial charge in [0.2, 0.25) is 0 Å². The zero-order valence-corrected chi connectivity index (χ0v) is 8.99. The molecule has 1 atom stereocenters. The first-order valence-corrected chi connectivity index (χ1v) is 5.09. The van der Waals surface area contributed by atoms with Crippen molar-refractivity contribution in [3.63, 3.8) is 0 Å². The molecular weight excluding hydrogens is 188 g/mol. The molecular formula is C13H14O2. The summed E-state index contributed by atoms with van der Waals surface area (Å²) in [5.41, 5.74) is 2.98. The quantitative estimate of drug-likeness (QED) is 0.699. The molecule has 1 unspecified atom stereocenters. The Labute approximate surface area is 89.6 Å². The second kappa shape index (κ2) is 3.89. The van der Waals surface area contributed by atoms with Crippen LogP contribution >= 0.6 is 0 Å². The number of ether oxygens (including phenoxy) is 1. The number of ketones is 1. The van der Waals surface area contributed by atoms with Gasteiger partial charge in [-0.3, -0.25) is 4.79 Å². The fourth-order valence-electron chi connectivity index (χ4n) is 1.76. The molecule has 0 N–H and O–H groups in total. The summed E-state index contributed by atoms with van der Waals surface area (Å²) in [6.45, 7) is 3.82. The van der Waals surface area contributed by atoms with Crippen molar-refractivity contribution < 1.29 is 9.53 Å². The van der Waals surface area contributed by atoms with E-state index in [1.807, 2.05) is 31.2 Å². The number of hydrogen-bond donors (Lipinski definition) is 0. The summed E-state index contributed by atoms with van der Waals surface area (Å²) in [6.07, 6.45) is 1.92. The lowest BCUT2D eigenvalue weighted by Crippen LogP contribution is -2.15. The average molecular weight is 202 g/mol. The smallest absolute Gasteiger partial charge is 0.165 e. The molecule has 1 aliphatic heterocycles. The largest absolute Gasteiger partial charge is 0.492 e. The van der Waals surface area contributed by atoms with Crippen LogP contribution in [0.3, 0.4) is 0 Å².